The van der Waals surface area contributed by atoms with Crippen molar-refractivity contribution in [3.63, 3.8) is 0 Å². The van der Waals surface area contributed by atoms with Crippen LogP contribution in [-0.4, -0.2) is 32.9 Å². The molecule has 0 bridgehead atoms. The average Bonchev–Trinajstić information content (AvgIpc) is 3.13. The lowest BCUT2D eigenvalue weighted by Crippen LogP contribution is -2.16. The molecule has 0 saturated heterocycles. The number of aryl methyl sites for hydroxylation is 2. The third kappa shape index (κ3) is 3.50. The maximum atomic E-state index is 12.4. The summed E-state index contributed by atoms with van der Waals surface area (Å²) in [6.07, 6.45) is 0. The van der Waals surface area contributed by atoms with Crippen LogP contribution < -0.4 is 5.56 Å². The highest BCUT2D eigenvalue weighted by Gasteiger charge is 2.24. The van der Waals surface area contributed by atoms with Crippen molar-refractivity contribution < 1.29 is 19.1 Å². The van der Waals surface area contributed by atoms with Gasteiger partial charge in [0.05, 0.1) is 17.9 Å². The molecule has 0 aliphatic carbocycles. The van der Waals surface area contributed by atoms with Crippen LogP contribution in [0.3, 0.4) is 0 Å². The molecule has 0 unspecified atom stereocenters. The van der Waals surface area contributed by atoms with Gasteiger partial charge in [0.2, 0.25) is 0 Å². The molecule has 0 saturated carbocycles. The van der Waals surface area contributed by atoms with E-state index in [1.165, 1.54) is 21.8 Å². The Morgan fingerprint density at radius 3 is 2.67 bits per heavy atom. The van der Waals surface area contributed by atoms with Crippen LogP contribution in [0.25, 0.3) is 4.96 Å². The number of hydrogen-bond acceptors (Lipinski definition) is 7. The second-order valence-electron chi connectivity index (χ2n) is 6.00. The summed E-state index contributed by atoms with van der Waals surface area (Å²) in [7, 11) is 0. The van der Waals surface area contributed by atoms with Gasteiger partial charge in [-0.1, -0.05) is 0 Å². The number of H-pyrrole nitrogens is 1. The Morgan fingerprint density at radius 1 is 1.22 bits per heavy atom. The Labute approximate surface area is 158 Å². The molecule has 0 fully saturated rings. The quantitative estimate of drug-likeness (QED) is 0.673. The number of carbonyl (C=O) groups is 2. The number of nitrogens with one attached hydrogen (secondary N) is 1. The first kappa shape index (κ1) is 18.8. The van der Waals surface area contributed by atoms with Crippen molar-refractivity contribution in [2.24, 2.45) is 0 Å². The summed E-state index contributed by atoms with van der Waals surface area (Å²) < 4.78 is 11.8. The molecule has 0 aliphatic rings. The van der Waals surface area contributed by atoms with Crippen LogP contribution in [0.15, 0.2) is 16.2 Å². The van der Waals surface area contributed by atoms with E-state index in [-0.39, 0.29) is 24.5 Å². The van der Waals surface area contributed by atoms with Gasteiger partial charge in [0, 0.05) is 22.8 Å². The number of nitrogens with zero attached hydrogens (tertiary/aromatic N) is 2. The standard InChI is InChI=1S/C18H19N3O5S/c1-5-25-16(23)14-10(3)15(19-11(14)4)17(24)26-7-12-6-13(22)21-9(2)8-27-18(21)20-12/h6,8,19H,5,7H2,1-4H3. The molecular formula is C18H19N3O5S. The van der Waals surface area contributed by atoms with Crippen LogP contribution in [0.2, 0.25) is 0 Å². The largest absolute Gasteiger partial charge is 0.462 e. The van der Waals surface area contributed by atoms with Crippen LogP contribution >= 0.6 is 11.3 Å². The van der Waals surface area contributed by atoms with Gasteiger partial charge in [0.15, 0.2) is 4.96 Å². The fourth-order valence-corrected chi connectivity index (χ4v) is 3.74. The molecule has 27 heavy (non-hydrogen) atoms. The fraction of sp³-hybridized carbons (Fsp3) is 0.333. The molecule has 3 aromatic heterocycles. The molecule has 9 heteroatoms. The molecular weight excluding hydrogens is 370 g/mol. The van der Waals surface area contributed by atoms with Crippen molar-refractivity contribution in [2.45, 2.75) is 34.3 Å². The minimum atomic E-state index is -0.629. The molecule has 0 spiro atoms. The van der Waals surface area contributed by atoms with Gasteiger partial charge < -0.3 is 14.5 Å². The topological polar surface area (TPSA) is 103 Å². The average molecular weight is 389 g/mol. The molecule has 1 N–H and O–H groups in total. The fourth-order valence-electron chi connectivity index (χ4n) is 2.85. The Morgan fingerprint density at radius 2 is 1.96 bits per heavy atom. The van der Waals surface area contributed by atoms with Gasteiger partial charge in [0.25, 0.3) is 5.56 Å². The molecule has 0 atom stereocenters. The second kappa shape index (κ2) is 7.36. The SMILES string of the molecule is CCOC(=O)c1c(C)[nH]c(C(=O)OCc2cc(=O)n3c(C)csc3n2)c1C. The second-order valence-corrected chi connectivity index (χ2v) is 6.84. The van der Waals surface area contributed by atoms with E-state index in [0.29, 0.717) is 27.5 Å². The highest BCUT2D eigenvalue weighted by Crippen LogP contribution is 2.20. The van der Waals surface area contributed by atoms with Gasteiger partial charge in [0.1, 0.15) is 12.3 Å². The summed E-state index contributed by atoms with van der Waals surface area (Å²) in [6, 6.07) is 1.34. The first-order valence-corrected chi connectivity index (χ1v) is 9.21. The Bertz CT molecular complexity index is 1090. The number of esters is 2. The minimum absolute atomic E-state index is 0.145. The molecule has 8 nitrogen and oxygen atoms in total. The van der Waals surface area contributed by atoms with Crippen LogP contribution in [0.4, 0.5) is 0 Å². The monoisotopic (exact) mass is 389 g/mol. The molecule has 0 amide bonds. The molecule has 3 heterocycles. The Balaban J connectivity index is 1.80. The van der Waals surface area contributed by atoms with Crippen molar-refractivity contribution >= 4 is 28.2 Å². The molecule has 3 rings (SSSR count). The Hall–Kier alpha value is -2.94. The number of hydrogen-bond donors (Lipinski definition) is 1. The molecule has 3 aromatic rings. The predicted octanol–water partition coefficient (Wildman–Crippen LogP) is 2.54. The zero-order valence-electron chi connectivity index (χ0n) is 15.4. The lowest BCUT2D eigenvalue weighted by Gasteiger charge is -2.05. The van der Waals surface area contributed by atoms with E-state index in [2.05, 4.69) is 9.97 Å². The molecule has 0 aliphatic heterocycles. The van der Waals surface area contributed by atoms with Crippen LogP contribution in [0.1, 0.15) is 50.4 Å². The van der Waals surface area contributed by atoms with Crippen molar-refractivity contribution in [2.75, 3.05) is 6.61 Å². The normalized spacial score (nSPS) is 11.0. The number of aromatic nitrogens is 3. The van der Waals surface area contributed by atoms with E-state index < -0.39 is 11.9 Å². The lowest BCUT2D eigenvalue weighted by atomic mass is 10.1. The number of ether oxygens (including phenoxy) is 2. The molecule has 142 valence electrons. The van der Waals surface area contributed by atoms with E-state index in [1.54, 1.807) is 20.8 Å². The highest BCUT2D eigenvalue weighted by molar-refractivity contribution is 7.15. The number of rotatable bonds is 5. The summed E-state index contributed by atoms with van der Waals surface area (Å²) in [6.45, 7) is 6.97. The van der Waals surface area contributed by atoms with Crippen LogP contribution in [0.5, 0.6) is 0 Å². The maximum absolute atomic E-state index is 12.4. The van der Waals surface area contributed by atoms with Gasteiger partial charge in [-0.25, -0.2) is 14.6 Å². The van der Waals surface area contributed by atoms with E-state index in [1.807, 2.05) is 12.3 Å². The summed E-state index contributed by atoms with van der Waals surface area (Å²) in [4.78, 5) is 44.4. The summed E-state index contributed by atoms with van der Waals surface area (Å²) >= 11 is 1.34. The zero-order chi connectivity index (χ0) is 19.7. The number of fused-ring (bicyclic) bond motifs is 1. The number of thiazole rings is 1. The highest BCUT2D eigenvalue weighted by atomic mass is 32.1. The third-order valence-electron chi connectivity index (χ3n) is 4.10. The van der Waals surface area contributed by atoms with E-state index in [4.69, 9.17) is 9.47 Å². The van der Waals surface area contributed by atoms with Gasteiger partial charge in [-0.05, 0) is 33.3 Å². The van der Waals surface area contributed by atoms with Crippen molar-refractivity contribution in [1.82, 2.24) is 14.4 Å². The minimum Gasteiger partial charge on any atom is -0.462 e. The predicted molar refractivity (Wildman–Crippen MR) is 99.4 cm³/mol. The first-order chi connectivity index (χ1) is 12.8. The maximum Gasteiger partial charge on any atom is 0.355 e. The first-order valence-electron chi connectivity index (χ1n) is 8.33. The van der Waals surface area contributed by atoms with Crippen LogP contribution in [-0.2, 0) is 16.1 Å². The van der Waals surface area contributed by atoms with E-state index >= 15 is 0 Å². The molecule has 0 aromatic carbocycles. The molecule has 0 radical (unpaired) electrons. The van der Waals surface area contributed by atoms with Gasteiger partial charge in [-0.3, -0.25) is 9.20 Å². The smallest absolute Gasteiger partial charge is 0.355 e. The summed E-state index contributed by atoms with van der Waals surface area (Å²) in [5, 5.41) is 1.83. The van der Waals surface area contributed by atoms with E-state index in [0.717, 1.165) is 5.69 Å². The summed E-state index contributed by atoms with van der Waals surface area (Å²) in [5.74, 6) is -1.12. The van der Waals surface area contributed by atoms with Gasteiger partial charge >= 0.3 is 11.9 Å². The van der Waals surface area contributed by atoms with Gasteiger partial charge in [-0.2, -0.15) is 0 Å². The van der Waals surface area contributed by atoms with E-state index in [9.17, 15) is 14.4 Å². The Kier molecular flexibility index (Phi) is 5.13. The van der Waals surface area contributed by atoms with Crippen molar-refractivity contribution in [3.8, 4) is 0 Å². The van der Waals surface area contributed by atoms with Gasteiger partial charge in [-0.15, -0.1) is 11.3 Å². The number of carbonyl (C=O) groups excluding carboxylic acids is 2. The zero-order valence-corrected chi connectivity index (χ0v) is 16.2. The number of aromatic amines is 1. The summed E-state index contributed by atoms with van der Waals surface area (Å²) in [5.41, 5.74) is 2.46. The van der Waals surface area contributed by atoms with Crippen molar-refractivity contribution in [1.29, 1.82) is 0 Å². The van der Waals surface area contributed by atoms with Crippen molar-refractivity contribution in [3.05, 3.63) is 55.7 Å². The lowest BCUT2D eigenvalue weighted by molar-refractivity contribution is 0.0460. The third-order valence-corrected chi connectivity index (χ3v) is 5.04. The van der Waals surface area contributed by atoms with Crippen LogP contribution in [0, 0.1) is 20.8 Å².